The Kier molecular flexibility index (Phi) is 4.56. The highest BCUT2D eigenvalue weighted by atomic mass is 16.5. The lowest BCUT2D eigenvalue weighted by molar-refractivity contribution is -0.132. The molecule has 0 bridgehead atoms. The molecule has 0 spiro atoms. The first-order valence-corrected chi connectivity index (χ1v) is 7.46. The molecule has 0 atom stereocenters. The zero-order valence-electron chi connectivity index (χ0n) is 13.5. The number of aliphatic carboxylic acids is 1. The normalized spacial score (nSPS) is 10.4. The van der Waals surface area contributed by atoms with Gasteiger partial charge in [-0.15, -0.1) is 0 Å². The Hall–Kier alpha value is -3.48. The van der Waals surface area contributed by atoms with Crippen molar-refractivity contribution in [3.8, 4) is 23.0 Å². The van der Waals surface area contributed by atoms with Crippen LogP contribution in [0, 0.1) is 6.92 Å². The molecule has 126 valence electrons. The summed E-state index contributed by atoms with van der Waals surface area (Å²) < 4.78 is 10.8. The van der Waals surface area contributed by atoms with Gasteiger partial charge in [-0.1, -0.05) is 17.8 Å². The Morgan fingerprint density at radius 1 is 1.28 bits per heavy atom. The van der Waals surface area contributed by atoms with Crippen LogP contribution >= 0.6 is 0 Å². The smallest absolute Gasteiger partial charge is 0.331 e. The maximum absolute atomic E-state index is 10.8. The summed E-state index contributed by atoms with van der Waals surface area (Å²) in [5.74, 6) is 0.657. The highest BCUT2D eigenvalue weighted by Crippen LogP contribution is 2.25. The van der Waals surface area contributed by atoms with E-state index in [0.29, 0.717) is 17.5 Å². The minimum absolute atomic E-state index is 0.00246. The molecule has 2 aromatic heterocycles. The number of benzene rings is 1. The molecular formula is C18H15N3O4. The second kappa shape index (κ2) is 6.96. The van der Waals surface area contributed by atoms with Crippen LogP contribution in [-0.4, -0.2) is 26.2 Å². The summed E-state index contributed by atoms with van der Waals surface area (Å²) in [7, 11) is 0. The van der Waals surface area contributed by atoms with E-state index in [1.807, 2.05) is 19.1 Å². The number of ether oxygens (including phenoxy) is 1. The number of hydrogen-bond acceptors (Lipinski definition) is 6. The van der Waals surface area contributed by atoms with Crippen molar-refractivity contribution in [3.05, 3.63) is 66.2 Å². The number of carboxylic acids is 1. The van der Waals surface area contributed by atoms with E-state index in [4.69, 9.17) is 14.4 Å². The average molecular weight is 337 g/mol. The number of hydrogen-bond donors (Lipinski definition) is 1. The molecule has 0 aliphatic carbocycles. The second-order valence-corrected chi connectivity index (χ2v) is 5.35. The zero-order valence-corrected chi connectivity index (χ0v) is 13.5. The molecule has 0 unspecified atom stereocenters. The van der Waals surface area contributed by atoms with Crippen LogP contribution in [0.15, 0.2) is 59.3 Å². The molecule has 3 aromatic rings. The summed E-state index contributed by atoms with van der Waals surface area (Å²) in [5.41, 5.74) is 1.65. The summed E-state index contributed by atoms with van der Waals surface area (Å²) in [6.07, 6.45) is 1.67. The Labute approximate surface area is 143 Å². The molecule has 0 saturated heterocycles. The molecule has 3 rings (SSSR count). The van der Waals surface area contributed by atoms with Gasteiger partial charge in [-0.25, -0.2) is 9.78 Å². The molecule has 7 nitrogen and oxygen atoms in total. The van der Waals surface area contributed by atoms with Crippen molar-refractivity contribution < 1.29 is 19.2 Å². The maximum atomic E-state index is 10.8. The molecule has 2 heterocycles. The van der Waals surface area contributed by atoms with E-state index in [0.717, 1.165) is 11.1 Å². The summed E-state index contributed by atoms with van der Waals surface area (Å²) in [5, 5.41) is 12.7. The molecular weight excluding hydrogens is 322 g/mol. The topological polar surface area (TPSA) is 98.3 Å². The van der Waals surface area contributed by atoms with Crippen LogP contribution in [0.2, 0.25) is 0 Å². The SMILES string of the molecule is C=C(Cc1nc(-c2ccc(Oc3ncccc3C)cc2)no1)C(=O)O. The standard InChI is InChI=1S/C18H15N3O4/c1-11-4-3-9-19-17(11)24-14-7-5-13(6-8-14)16-20-15(25-21-16)10-12(2)18(22)23/h3-9H,2,10H2,1H3,(H,22,23). The molecule has 1 N–H and O–H groups in total. The predicted octanol–water partition coefficient (Wildman–Crippen LogP) is 3.42. The minimum Gasteiger partial charge on any atom is -0.478 e. The van der Waals surface area contributed by atoms with Crippen LogP contribution in [0.25, 0.3) is 11.4 Å². The fourth-order valence-corrected chi connectivity index (χ4v) is 2.06. The summed E-state index contributed by atoms with van der Waals surface area (Å²) in [4.78, 5) is 19.1. The van der Waals surface area contributed by atoms with E-state index in [1.54, 1.807) is 30.5 Å². The molecule has 0 radical (unpaired) electrons. The van der Waals surface area contributed by atoms with Gasteiger partial charge in [-0.3, -0.25) is 0 Å². The third-order valence-electron chi connectivity index (χ3n) is 3.42. The molecule has 25 heavy (non-hydrogen) atoms. The van der Waals surface area contributed by atoms with Crippen molar-refractivity contribution >= 4 is 5.97 Å². The van der Waals surface area contributed by atoms with Gasteiger partial charge in [0.05, 0.1) is 6.42 Å². The van der Waals surface area contributed by atoms with Gasteiger partial charge >= 0.3 is 5.97 Å². The average Bonchev–Trinajstić information content (AvgIpc) is 3.06. The minimum atomic E-state index is -1.09. The summed E-state index contributed by atoms with van der Waals surface area (Å²) in [6.45, 7) is 5.36. The molecule has 0 aliphatic heterocycles. The molecule has 0 amide bonds. The Morgan fingerprint density at radius 2 is 2.04 bits per heavy atom. The Morgan fingerprint density at radius 3 is 2.72 bits per heavy atom. The van der Waals surface area contributed by atoms with Crippen molar-refractivity contribution in [2.24, 2.45) is 0 Å². The van der Waals surface area contributed by atoms with E-state index >= 15 is 0 Å². The van der Waals surface area contributed by atoms with E-state index in [9.17, 15) is 4.79 Å². The van der Waals surface area contributed by atoms with Crippen LogP contribution in [0.5, 0.6) is 11.6 Å². The van der Waals surface area contributed by atoms with Crippen LogP contribution < -0.4 is 4.74 Å². The van der Waals surface area contributed by atoms with E-state index in [2.05, 4.69) is 21.7 Å². The highest BCUT2D eigenvalue weighted by Gasteiger charge is 2.13. The molecule has 0 aliphatic rings. The molecule has 0 saturated carbocycles. The third kappa shape index (κ3) is 3.89. The molecule has 7 heteroatoms. The lowest BCUT2D eigenvalue weighted by Crippen LogP contribution is -2.02. The molecule has 0 fully saturated rings. The largest absolute Gasteiger partial charge is 0.478 e. The van der Waals surface area contributed by atoms with Gasteiger partial charge < -0.3 is 14.4 Å². The number of rotatable bonds is 6. The van der Waals surface area contributed by atoms with Gasteiger partial charge in [0.1, 0.15) is 5.75 Å². The van der Waals surface area contributed by atoms with Gasteiger partial charge in [0.25, 0.3) is 0 Å². The first-order chi connectivity index (χ1) is 12.0. The Balaban J connectivity index is 1.72. The van der Waals surface area contributed by atoms with Crippen molar-refractivity contribution in [1.29, 1.82) is 0 Å². The molecule has 1 aromatic carbocycles. The van der Waals surface area contributed by atoms with Gasteiger partial charge in [-0.2, -0.15) is 4.98 Å². The fraction of sp³-hybridized carbons (Fsp3) is 0.111. The lowest BCUT2D eigenvalue weighted by Gasteiger charge is -2.07. The third-order valence-corrected chi connectivity index (χ3v) is 3.42. The lowest BCUT2D eigenvalue weighted by atomic mass is 10.2. The van der Waals surface area contributed by atoms with E-state index < -0.39 is 5.97 Å². The number of nitrogens with zero attached hydrogens (tertiary/aromatic N) is 3. The number of aromatic nitrogens is 3. The van der Waals surface area contributed by atoms with Gasteiger partial charge in [-0.05, 0) is 37.3 Å². The zero-order chi connectivity index (χ0) is 17.8. The maximum Gasteiger partial charge on any atom is 0.331 e. The van der Waals surface area contributed by atoms with Crippen molar-refractivity contribution in [2.45, 2.75) is 13.3 Å². The fourth-order valence-electron chi connectivity index (χ4n) is 2.06. The quantitative estimate of drug-likeness (QED) is 0.688. The van der Waals surface area contributed by atoms with Gasteiger partial charge in [0.2, 0.25) is 17.6 Å². The number of aryl methyl sites for hydroxylation is 1. The summed E-state index contributed by atoms with van der Waals surface area (Å²) >= 11 is 0. The summed E-state index contributed by atoms with van der Waals surface area (Å²) in [6, 6.07) is 10.9. The number of pyridine rings is 1. The van der Waals surface area contributed by atoms with Crippen LogP contribution in [-0.2, 0) is 11.2 Å². The van der Waals surface area contributed by atoms with E-state index in [1.165, 1.54) is 0 Å². The van der Waals surface area contributed by atoms with Crippen molar-refractivity contribution in [3.63, 3.8) is 0 Å². The van der Waals surface area contributed by atoms with Crippen molar-refractivity contribution in [2.75, 3.05) is 0 Å². The predicted molar refractivity (Wildman–Crippen MR) is 89.3 cm³/mol. The highest BCUT2D eigenvalue weighted by molar-refractivity contribution is 5.86. The van der Waals surface area contributed by atoms with Crippen LogP contribution in [0.4, 0.5) is 0 Å². The Bertz CT molecular complexity index is 916. The first-order valence-electron chi connectivity index (χ1n) is 7.46. The number of carboxylic acid groups (broad SMARTS) is 1. The second-order valence-electron chi connectivity index (χ2n) is 5.35. The monoisotopic (exact) mass is 337 g/mol. The van der Waals surface area contributed by atoms with Crippen molar-refractivity contribution in [1.82, 2.24) is 15.1 Å². The van der Waals surface area contributed by atoms with Crippen LogP contribution in [0.3, 0.4) is 0 Å². The van der Waals surface area contributed by atoms with Crippen LogP contribution in [0.1, 0.15) is 11.5 Å². The number of carbonyl (C=O) groups is 1. The van der Waals surface area contributed by atoms with E-state index in [-0.39, 0.29) is 17.9 Å². The van der Waals surface area contributed by atoms with Gasteiger partial charge in [0.15, 0.2) is 0 Å². The first kappa shape index (κ1) is 16.4. The van der Waals surface area contributed by atoms with Gasteiger partial charge in [0, 0.05) is 22.9 Å².